The molecule has 3 unspecified atom stereocenters. The number of benzene rings is 1. The average molecular weight is 296 g/mol. The van der Waals surface area contributed by atoms with Crippen LogP contribution in [0.2, 0.25) is 0 Å². The lowest BCUT2D eigenvalue weighted by molar-refractivity contribution is 0.161. The first-order chi connectivity index (χ1) is 8.23. The van der Waals surface area contributed by atoms with Gasteiger partial charge in [-0.25, -0.2) is 0 Å². The second-order valence-corrected chi connectivity index (χ2v) is 6.36. The van der Waals surface area contributed by atoms with Gasteiger partial charge in [0.1, 0.15) is 0 Å². The number of aliphatic hydroxyl groups excluding tert-OH is 1. The molecule has 0 aliphatic heterocycles. The molecule has 0 amide bonds. The van der Waals surface area contributed by atoms with Crippen LogP contribution in [-0.4, -0.2) is 17.3 Å². The molecule has 3 rings (SSSR count). The quantitative estimate of drug-likeness (QED) is 0.896. The maximum absolute atomic E-state index is 9.80. The van der Waals surface area contributed by atoms with Crippen LogP contribution in [0.25, 0.3) is 0 Å². The Morgan fingerprint density at radius 3 is 3.12 bits per heavy atom. The molecule has 2 aliphatic rings. The van der Waals surface area contributed by atoms with Gasteiger partial charge in [-0.3, -0.25) is 0 Å². The highest BCUT2D eigenvalue weighted by atomic mass is 79.9. The van der Waals surface area contributed by atoms with E-state index < -0.39 is 0 Å². The minimum absolute atomic E-state index is 0.0658. The molecule has 1 aromatic carbocycles. The van der Waals surface area contributed by atoms with Gasteiger partial charge in [-0.15, -0.1) is 0 Å². The molecule has 0 saturated heterocycles. The Morgan fingerprint density at radius 1 is 1.47 bits per heavy atom. The second-order valence-electron chi connectivity index (χ2n) is 5.44. The van der Waals surface area contributed by atoms with Crippen molar-refractivity contribution in [3.05, 3.63) is 28.7 Å². The Balaban J connectivity index is 1.82. The Morgan fingerprint density at radius 2 is 2.35 bits per heavy atom. The third kappa shape index (κ3) is 2.11. The van der Waals surface area contributed by atoms with E-state index in [9.17, 15) is 5.11 Å². The summed E-state index contributed by atoms with van der Waals surface area (Å²) in [5.41, 5.74) is 1.05. The molecule has 2 fully saturated rings. The zero-order valence-electron chi connectivity index (χ0n) is 9.82. The van der Waals surface area contributed by atoms with E-state index in [1.807, 2.05) is 12.1 Å². The normalized spacial score (nSPS) is 35.2. The van der Waals surface area contributed by atoms with Gasteiger partial charge in [0.05, 0.1) is 12.1 Å². The summed E-state index contributed by atoms with van der Waals surface area (Å²) in [5.74, 6) is 1.54. The lowest BCUT2D eigenvalue weighted by Crippen LogP contribution is -2.46. The molecule has 3 heteroatoms. The first-order valence-electron chi connectivity index (χ1n) is 6.38. The highest BCUT2D eigenvalue weighted by Gasteiger charge is 2.54. The van der Waals surface area contributed by atoms with Crippen LogP contribution in [0.15, 0.2) is 28.7 Å². The van der Waals surface area contributed by atoms with Crippen molar-refractivity contribution in [2.45, 2.75) is 31.2 Å². The van der Waals surface area contributed by atoms with Crippen LogP contribution in [0, 0.1) is 11.8 Å². The molecule has 0 radical (unpaired) electrons. The van der Waals surface area contributed by atoms with Crippen LogP contribution in [0.3, 0.4) is 0 Å². The molecule has 0 heterocycles. The zero-order valence-corrected chi connectivity index (χ0v) is 11.4. The lowest BCUT2D eigenvalue weighted by Gasteiger charge is -2.37. The molecule has 2 N–H and O–H groups in total. The Hall–Kier alpha value is -0.540. The van der Waals surface area contributed by atoms with E-state index in [-0.39, 0.29) is 12.1 Å². The molecule has 17 heavy (non-hydrogen) atoms. The lowest BCUT2D eigenvalue weighted by atomic mass is 9.81. The van der Waals surface area contributed by atoms with Gasteiger partial charge in [0.2, 0.25) is 0 Å². The highest BCUT2D eigenvalue weighted by molar-refractivity contribution is 9.10. The minimum Gasteiger partial charge on any atom is -0.394 e. The maximum atomic E-state index is 9.80. The van der Waals surface area contributed by atoms with Crippen molar-refractivity contribution >= 4 is 21.6 Å². The highest BCUT2D eigenvalue weighted by Crippen LogP contribution is 2.55. The van der Waals surface area contributed by atoms with E-state index in [4.69, 9.17) is 0 Å². The average Bonchev–Trinajstić information content (AvgIpc) is 3.09. The topological polar surface area (TPSA) is 32.3 Å². The maximum Gasteiger partial charge on any atom is 0.0664 e. The van der Waals surface area contributed by atoms with Gasteiger partial charge in [-0.05, 0) is 49.3 Å². The van der Waals surface area contributed by atoms with Crippen LogP contribution in [0.1, 0.15) is 25.7 Å². The summed E-state index contributed by atoms with van der Waals surface area (Å²) < 4.78 is 1.08. The number of hydrogen-bond acceptors (Lipinski definition) is 2. The van der Waals surface area contributed by atoms with Crippen LogP contribution in [0.4, 0.5) is 5.69 Å². The zero-order chi connectivity index (χ0) is 11.9. The molecule has 2 saturated carbocycles. The molecular formula is C14H18BrNO. The Kier molecular flexibility index (Phi) is 2.91. The van der Waals surface area contributed by atoms with Gasteiger partial charge in [0, 0.05) is 10.2 Å². The Bertz CT molecular complexity index is 422. The number of rotatable bonds is 3. The summed E-state index contributed by atoms with van der Waals surface area (Å²) >= 11 is 3.49. The van der Waals surface area contributed by atoms with E-state index in [1.165, 1.54) is 19.3 Å². The van der Waals surface area contributed by atoms with Crippen molar-refractivity contribution in [3.8, 4) is 0 Å². The van der Waals surface area contributed by atoms with Crippen molar-refractivity contribution in [2.75, 3.05) is 11.9 Å². The fourth-order valence-electron chi connectivity index (χ4n) is 3.35. The van der Waals surface area contributed by atoms with Crippen LogP contribution in [-0.2, 0) is 0 Å². The minimum atomic E-state index is -0.0658. The van der Waals surface area contributed by atoms with Crippen molar-refractivity contribution in [1.29, 1.82) is 0 Å². The van der Waals surface area contributed by atoms with Gasteiger partial charge in [-0.2, -0.15) is 0 Å². The largest absolute Gasteiger partial charge is 0.394 e. The molecule has 92 valence electrons. The number of halogens is 1. The molecule has 2 nitrogen and oxygen atoms in total. The van der Waals surface area contributed by atoms with Crippen molar-refractivity contribution in [3.63, 3.8) is 0 Å². The van der Waals surface area contributed by atoms with Crippen LogP contribution in [0.5, 0.6) is 0 Å². The van der Waals surface area contributed by atoms with Gasteiger partial charge in [0.25, 0.3) is 0 Å². The standard InChI is InChI=1S/C14H18BrNO/c15-11-4-1-5-12(8-11)16-14(9-17)6-2-3-10-7-13(10)14/h1,4-5,8,10,13,16-17H,2-3,6-7,9H2. The predicted octanol–water partition coefficient (Wildman–Crippen LogP) is 3.41. The van der Waals surface area contributed by atoms with Crippen LogP contribution < -0.4 is 5.32 Å². The monoisotopic (exact) mass is 295 g/mol. The van der Waals surface area contributed by atoms with Gasteiger partial charge in [0.15, 0.2) is 0 Å². The third-order valence-corrected chi connectivity index (χ3v) is 4.82. The number of nitrogens with one attached hydrogen (secondary N) is 1. The second kappa shape index (κ2) is 4.29. The summed E-state index contributed by atoms with van der Waals surface area (Å²) in [7, 11) is 0. The smallest absolute Gasteiger partial charge is 0.0664 e. The van der Waals surface area contributed by atoms with E-state index in [1.54, 1.807) is 0 Å². The molecule has 0 bridgehead atoms. The molecule has 3 atom stereocenters. The first kappa shape index (κ1) is 11.5. The molecular weight excluding hydrogens is 278 g/mol. The van der Waals surface area contributed by atoms with Crippen molar-refractivity contribution in [1.82, 2.24) is 0 Å². The molecule has 0 aromatic heterocycles. The first-order valence-corrected chi connectivity index (χ1v) is 7.17. The number of fused-ring (bicyclic) bond motifs is 1. The molecule has 0 spiro atoms. The number of anilines is 1. The predicted molar refractivity (Wildman–Crippen MR) is 73.0 cm³/mol. The SMILES string of the molecule is OCC1(Nc2cccc(Br)c2)CCCC2CC21. The summed E-state index contributed by atoms with van der Waals surface area (Å²) in [6, 6.07) is 8.22. The van der Waals surface area contributed by atoms with Gasteiger partial charge >= 0.3 is 0 Å². The molecule has 2 aliphatic carbocycles. The van der Waals surface area contributed by atoms with E-state index in [2.05, 4.69) is 33.4 Å². The fraction of sp³-hybridized carbons (Fsp3) is 0.571. The van der Waals surface area contributed by atoms with E-state index in [0.29, 0.717) is 5.92 Å². The summed E-state index contributed by atoms with van der Waals surface area (Å²) in [6.45, 7) is 0.251. The van der Waals surface area contributed by atoms with Crippen molar-refractivity contribution in [2.24, 2.45) is 11.8 Å². The fourth-order valence-corrected chi connectivity index (χ4v) is 3.75. The summed E-state index contributed by atoms with van der Waals surface area (Å²) in [6.07, 6.45) is 4.98. The van der Waals surface area contributed by atoms with E-state index in [0.717, 1.165) is 22.5 Å². The number of hydrogen-bond donors (Lipinski definition) is 2. The van der Waals surface area contributed by atoms with Gasteiger partial charge in [-0.1, -0.05) is 28.4 Å². The van der Waals surface area contributed by atoms with E-state index >= 15 is 0 Å². The third-order valence-electron chi connectivity index (χ3n) is 4.33. The van der Waals surface area contributed by atoms with Crippen LogP contribution >= 0.6 is 15.9 Å². The Labute approximate surface area is 111 Å². The van der Waals surface area contributed by atoms with Gasteiger partial charge < -0.3 is 10.4 Å². The summed E-state index contributed by atoms with van der Waals surface area (Å²) in [5, 5.41) is 13.4. The summed E-state index contributed by atoms with van der Waals surface area (Å²) in [4.78, 5) is 0. The number of aliphatic hydroxyl groups is 1. The van der Waals surface area contributed by atoms with Crippen molar-refractivity contribution < 1.29 is 5.11 Å². The molecule has 1 aromatic rings.